The highest BCUT2D eigenvalue weighted by molar-refractivity contribution is 7.90. The van der Waals surface area contributed by atoms with E-state index < -0.39 is 9.84 Å². The number of sulfone groups is 1. The van der Waals surface area contributed by atoms with Gasteiger partial charge in [0.2, 0.25) is 0 Å². The van der Waals surface area contributed by atoms with Gasteiger partial charge in [-0.1, -0.05) is 6.07 Å². The molecule has 21 heavy (non-hydrogen) atoms. The van der Waals surface area contributed by atoms with E-state index in [-0.39, 0.29) is 18.4 Å². The van der Waals surface area contributed by atoms with E-state index in [0.29, 0.717) is 24.5 Å². The van der Waals surface area contributed by atoms with Gasteiger partial charge in [0, 0.05) is 31.1 Å². The minimum atomic E-state index is -3.04. The number of rotatable bonds is 7. The average molecular weight is 314 g/mol. The van der Waals surface area contributed by atoms with Crippen molar-refractivity contribution in [2.45, 2.75) is 13.8 Å². The van der Waals surface area contributed by atoms with Crippen LogP contribution in [0.3, 0.4) is 0 Å². The number of nitrogens with zero attached hydrogens (tertiary/aromatic N) is 1. The minimum absolute atomic E-state index is 0.0387. The molecule has 0 spiro atoms. The summed E-state index contributed by atoms with van der Waals surface area (Å²) >= 11 is 0. The van der Waals surface area contributed by atoms with Gasteiger partial charge in [0.25, 0.3) is 0 Å². The average Bonchev–Trinajstić information content (AvgIpc) is 2.39. The SMILES string of the molecule is CCN(CC)C(=O)Nc1cccc(OCCS(C)(=O)=O)c1. The van der Waals surface area contributed by atoms with E-state index >= 15 is 0 Å². The predicted octanol–water partition coefficient (Wildman–Crippen LogP) is 1.98. The van der Waals surface area contributed by atoms with Crippen molar-refractivity contribution in [3.63, 3.8) is 0 Å². The molecule has 1 N–H and O–H groups in total. The fraction of sp³-hybridized carbons (Fsp3) is 0.500. The van der Waals surface area contributed by atoms with Crippen LogP contribution in [0.1, 0.15) is 13.8 Å². The first-order valence-electron chi connectivity index (χ1n) is 6.82. The van der Waals surface area contributed by atoms with Crippen molar-refractivity contribution in [1.82, 2.24) is 4.90 Å². The van der Waals surface area contributed by atoms with E-state index in [4.69, 9.17) is 4.74 Å². The maximum absolute atomic E-state index is 11.9. The van der Waals surface area contributed by atoms with Gasteiger partial charge in [0.05, 0.1) is 5.75 Å². The highest BCUT2D eigenvalue weighted by Crippen LogP contribution is 2.17. The number of hydrogen-bond acceptors (Lipinski definition) is 4. The highest BCUT2D eigenvalue weighted by atomic mass is 32.2. The number of benzene rings is 1. The molecule has 118 valence electrons. The third-order valence-electron chi connectivity index (χ3n) is 2.86. The Morgan fingerprint density at radius 2 is 1.95 bits per heavy atom. The van der Waals surface area contributed by atoms with Crippen molar-refractivity contribution < 1.29 is 17.9 Å². The third-order valence-corrected chi connectivity index (χ3v) is 3.77. The molecule has 6 nitrogen and oxygen atoms in total. The maximum atomic E-state index is 11.9. The van der Waals surface area contributed by atoms with E-state index in [9.17, 15) is 13.2 Å². The number of carbonyl (C=O) groups is 1. The van der Waals surface area contributed by atoms with Crippen LogP contribution in [0.2, 0.25) is 0 Å². The number of hydrogen-bond donors (Lipinski definition) is 1. The molecule has 0 unspecified atom stereocenters. The standard InChI is InChI=1S/C14H22N2O4S/c1-4-16(5-2)14(17)15-12-7-6-8-13(11-12)20-9-10-21(3,18)19/h6-8,11H,4-5,9-10H2,1-3H3,(H,15,17). The lowest BCUT2D eigenvalue weighted by Crippen LogP contribution is -2.34. The monoisotopic (exact) mass is 314 g/mol. The highest BCUT2D eigenvalue weighted by Gasteiger charge is 2.09. The summed E-state index contributed by atoms with van der Waals surface area (Å²) in [4.78, 5) is 13.6. The maximum Gasteiger partial charge on any atom is 0.321 e. The van der Waals surface area contributed by atoms with E-state index in [2.05, 4.69) is 5.32 Å². The van der Waals surface area contributed by atoms with Crippen molar-refractivity contribution in [2.75, 3.05) is 37.0 Å². The first-order chi connectivity index (χ1) is 9.85. The number of anilines is 1. The second-order valence-corrected chi connectivity index (χ2v) is 6.87. The zero-order valence-electron chi connectivity index (χ0n) is 12.6. The molecule has 0 bridgehead atoms. The van der Waals surface area contributed by atoms with E-state index in [1.165, 1.54) is 0 Å². The van der Waals surface area contributed by atoms with Crippen LogP contribution in [-0.2, 0) is 9.84 Å². The number of ether oxygens (including phenoxy) is 1. The summed E-state index contributed by atoms with van der Waals surface area (Å²) in [6.07, 6.45) is 1.16. The molecule has 0 heterocycles. The van der Waals surface area contributed by atoms with Gasteiger partial charge in [0.1, 0.15) is 12.4 Å². The Hall–Kier alpha value is -1.76. The van der Waals surface area contributed by atoms with E-state index in [0.717, 1.165) is 6.26 Å². The van der Waals surface area contributed by atoms with Gasteiger partial charge in [-0.05, 0) is 26.0 Å². The van der Waals surface area contributed by atoms with Crippen molar-refractivity contribution in [2.24, 2.45) is 0 Å². The normalized spacial score (nSPS) is 11.0. The second-order valence-electron chi connectivity index (χ2n) is 4.61. The lowest BCUT2D eigenvalue weighted by molar-refractivity contribution is 0.217. The van der Waals surface area contributed by atoms with Gasteiger partial charge < -0.3 is 15.0 Å². The second kappa shape index (κ2) is 7.87. The van der Waals surface area contributed by atoms with Gasteiger partial charge in [-0.25, -0.2) is 13.2 Å². The molecule has 1 aromatic rings. The summed E-state index contributed by atoms with van der Waals surface area (Å²) in [5.74, 6) is 0.485. The molecule has 0 atom stereocenters. The van der Waals surface area contributed by atoms with Gasteiger partial charge in [-0.15, -0.1) is 0 Å². The summed E-state index contributed by atoms with van der Waals surface area (Å²) in [6, 6.07) is 6.71. The number of urea groups is 1. The van der Waals surface area contributed by atoms with E-state index in [1.807, 2.05) is 13.8 Å². The Bertz CT molecular complexity index is 568. The molecule has 0 aromatic heterocycles. The summed E-state index contributed by atoms with van der Waals surface area (Å²) in [6.45, 7) is 5.17. The van der Waals surface area contributed by atoms with Gasteiger partial charge in [0.15, 0.2) is 9.84 Å². The minimum Gasteiger partial charge on any atom is -0.492 e. The zero-order chi connectivity index (χ0) is 15.9. The van der Waals surface area contributed by atoms with E-state index in [1.54, 1.807) is 29.2 Å². The summed E-state index contributed by atoms with van der Waals surface area (Å²) in [5, 5.41) is 2.78. The Kier molecular flexibility index (Phi) is 6.48. The molecule has 1 aromatic carbocycles. The van der Waals surface area contributed by atoms with Gasteiger partial charge in [-0.2, -0.15) is 0 Å². The molecule has 0 radical (unpaired) electrons. The van der Waals surface area contributed by atoms with Gasteiger partial charge in [-0.3, -0.25) is 0 Å². The first-order valence-corrected chi connectivity index (χ1v) is 8.88. The van der Waals surface area contributed by atoms with Crippen molar-refractivity contribution in [3.8, 4) is 5.75 Å². The molecule has 0 aliphatic carbocycles. The van der Waals surface area contributed by atoms with Crippen molar-refractivity contribution in [3.05, 3.63) is 24.3 Å². The van der Waals surface area contributed by atoms with Crippen molar-refractivity contribution >= 4 is 21.6 Å². The largest absolute Gasteiger partial charge is 0.492 e. The molecule has 1 rings (SSSR count). The summed E-state index contributed by atoms with van der Waals surface area (Å²) < 4.78 is 27.4. The topological polar surface area (TPSA) is 75.7 Å². The first kappa shape index (κ1) is 17.3. The third kappa shape index (κ3) is 6.48. The fourth-order valence-electron chi connectivity index (χ4n) is 1.69. The molecular weight excluding hydrogens is 292 g/mol. The Balaban J connectivity index is 2.62. The Morgan fingerprint density at radius 1 is 1.29 bits per heavy atom. The predicted molar refractivity (Wildman–Crippen MR) is 83.6 cm³/mol. The van der Waals surface area contributed by atoms with Crippen LogP contribution in [-0.4, -0.2) is 51.1 Å². The molecule has 0 saturated heterocycles. The molecule has 2 amide bonds. The molecule has 0 saturated carbocycles. The van der Waals surface area contributed by atoms with Crippen LogP contribution in [0, 0.1) is 0 Å². The van der Waals surface area contributed by atoms with Crippen LogP contribution >= 0.6 is 0 Å². The molecule has 0 aliphatic rings. The smallest absolute Gasteiger partial charge is 0.321 e. The Labute approximate surface area is 126 Å². The van der Waals surface area contributed by atoms with Crippen LogP contribution in [0.15, 0.2) is 24.3 Å². The van der Waals surface area contributed by atoms with Crippen LogP contribution in [0.25, 0.3) is 0 Å². The van der Waals surface area contributed by atoms with Crippen LogP contribution in [0.4, 0.5) is 10.5 Å². The van der Waals surface area contributed by atoms with Crippen molar-refractivity contribution in [1.29, 1.82) is 0 Å². The van der Waals surface area contributed by atoms with Crippen LogP contribution in [0.5, 0.6) is 5.75 Å². The summed E-state index contributed by atoms with van der Waals surface area (Å²) in [5.41, 5.74) is 0.615. The molecular formula is C14H22N2O4S. The molecule has 7 heteroatoms. The zero-order valence-corrected chi connectivity index (χ0v) is 13.4. The number of nitrogens with one attached hydrogen (secondary N) is 1. The van der Waals surface area contributed by atoms with Gasteiger partial charge >= 0.3 is 6.03 Å². The lowest BCUT2D eigenvalue weighted by Gasteiger charge is -2.19. The Morgan fingerprint density at radius 3 is 2.52 bits per heavy atom. The quantitative estimate of drug-likeness (QED) is 0.835. The summed E-state index contributed by atoms with van der Waals surface area (Å²) in [7, 11) is -3.04. The molecule has 0 fully saturated rings. The number of amides is 2. The fourth-order valence-corrected chi connectivity index (χ4v) is 2.07. The lowest BCUT2D eigenvalue weighted by atomic mass is 10.3. The number of carbonyl (C=O) groups excluding carboxylic acids is 1. The van der Waals surface area contributed by atoms with Crippen LogP contribution < -0.4 is 10.1 Å². The molecule has 0 aliphatic heterocycles.